The lowest BCUT2D eigenvalue weighted by Gasteiger charge is -1.97. The van der Waals surface area contributed by atoms with E-state index in [4.69, 9.17) is 5.11 Å². The summed E-state index contributed by atoms with van der Waals surface area (Å²) in [5, 5.41) is 17.0. The molecule has 72 valence electrons. The number of aromatic nitrogens is 2. The first-order valence-electron chi connectivity index (χ1n) is 3.65. The number of halogens is 2. The van der Waals surface area contributed by atoms with Crippen molar-refractivity contribution in [1.82, 2.24) is 10.2 Å². The summed E-state index contributed by atoms with van der Waals surface area (Å²) in [6.45, 7) is 0. The molecule has 0 saturated heterocycles. The third-order valence-electron chi connectivity index (χ3n) is 1.58. The molecule has 0 amide bonds. The molecule has 1 aromatic heterocycles. The Bertz CT molecular complexity index is 474. The van der Waals surface area contributed by atoms with E-state index in [1.54, 1.807) is 0 Å². The van der Waals surface area contributed by atoms with Gasteiger partial charge >= 0.3 is 0 Å². The van der Waals surface area contributed by atoms with E-state index in [-0.39, 0.29) is 5.75 Å². The van der Waals surface area contributed by atoms with E-state index >= 15 is 0 Å². The minimum absolute atomic E-state index is 0.102. The van der Waals surface area contributed by atoms with Crippen molar-refractivity contribution in [2.24, 2.45) is 0 Å². The molecule has 0 aliphatic carbocycles. The fraction of sp³-hybridized carbons (Fsp3) is 0. The van der Waals surface area contributed by atoms with Crippen LogP contribution >= 0.6 is 27.3 Å². The molecular formula is C8H4BrFN2OS. The standard InChI is InChI=1S/C8H4BrFN2OS/c9-8-12-11-7(14-8)5-2-1-4(13)3-6(5)10/h1-3,13H. The maximum Gasteiger partial charge on any atom is 0.183 e. The monoisotopic (exact) mass is 274 g/mol. The highest BCUT2D eigenvalue weighted by Gasteiger charge is 2.10. The first kappa shape index (κ1) is 9.54. The summed E-state index contributed by atoms with van der Waals surface area (Å²) in [4.78, 5) is 0. The van der Waals surface area contributed by atoms with Crippen LogP contribution in [0.25, 0.3) is 10.6 Å². The van der Waals surface area contributed by atoms with Crippen LogP contribution in [0.4, 0.5) is 4.39 Å². The number of hydrogen-bond donors (Lipinski definition) is 1. The summed E-state index contributed by atoms with van der Waals surface area (Å²) >= 11 is 4.38. The van der Waals surface area contributed by atoms with Crippen LogP contribution < -0.4 is 0 Å². The zero-order chi connectivity index (χ0) is 10.1. The van der Waals surface area contributed by atoms with Gasteiger partial charge in [0.2, 0.25) is 0 Å². The predicted octanol–water partition coefficient (Wildman–Crippen LogP) is 2.81. The number of rotatable bonds is 1. The van der Waals surface area contributed by atoms with E-state index in [0.717, 1.165) is 6.07 Å². The van der Waals surface area contributed by atoms with Crippen LogP contribution in [0, 0.1) is 5.82 Å². The number of phenolic OH excluding ortho intramolecular Hbond substituents is 1. The molecule has 0 aliphatic heterocycles. The molecule has 0 saturated carbocycles. The third kappa shape index (κ3) is 1.76. The summed E-state index contributed by atoms with van der Waals surface area (Å²) < 4.78 is 13.9. The van der Waals surface area contributed by atoms with Gasteiger partial charge in [0.25, 0.3) is 0 Å². The normalized spacial score (nSPS) is 10.4. The van der Waals surface area contributed by atoms with Gasteiger partial charge in [-0.25, -0.2) is 4.39 Å². The van der Waals surface area contributed by atoms with Gasteiger partial charge in [-0.15, -0.1) is 10.2 Å². The van der Waals surface area contributed by atoms with Gasteiger partial charge in [-0.2, -0.15) is 0 Å². The Balaban J connectivity index is 2.52. The Labute approximate surface area is 91.4 Å². The van der Waals surface area contributed by atoms with Crippen molar-refractivity contribution >= 4 is 27.3 Å². The molecule has 2 aromatic rings. The Hall–Kier alpha value is -1.01. The summed E-state index contributed by atoms with van der Waals surface area (Å²) in [6.07, 6.45) is 0. The molecule has 1 aromatic carbocycles. The smallest absolute Gasteiger partial charge is 0.183 e. The van der Waals surface area contributed by atoms with E-state index in [1.165, 1.54) is 23.5 Å². The molecular weight excluding hydrogens is 271 g/mol. The number of benzene rings is 1. The minimum atomic E-state index is -0.506. The van der Waals surface area contributed by atoms with Crippen LogP contribution in [-0.4, -0.2) is 15.3 Å². The van der Waals surface area contributed by atoms with E-state index in [1.807, 2.05) is 0 Å². The van der Waals surface area contributed by atoms with Crippen molar-refractivity contribution in [3.63, 3.8) is 0 Å². The molecule has 14 heavy (non-hydrogen) atoms. The maximum atomic E-state index is 13.3. The van der Waals surface area contributed by atoms with E-state index in [9.17, 15) is 4.39 Å². The van der Waals surface area contributed by atoms with Gasteiger partial charge in [0, 0.05) is 11.6 Å². The zero-order valence-corrected chi connectivity index (χ0v) is 9.14. The Morgan fingerprint density at radius 1 is 1.36 bits per heavy atom. The Kier molecular flexibility index (Phi) is 2.47. The lowest BCUT2D eigenvalue weighted by atomic mass is 10.2. The molecule has 1 N–H and O–H groups in total. The molecule has 0 aliphatic rings. The SMILES string of the molecule is Oc1ccc(-c2nnc(Br)s2)c(F)c1. The molecule has 6 heteroatoms. The van der Waals surface area contributed by atoms with Crippen LogP contribution in [0.3, 0.4) is 0 Å². The molecule has 1 heterocycles. The van der Waals surface area contributed by atoms with Crippen LogP contribution in [0.5, 0.6) is 5.75 Å². The molecule has 0 bridgehead atoms. The summed E-state index contributed by atoms with van der Waals surface area (Å²) in [5.74, 6) is -0.608. The lowest BCUT2D eigenvalue weighted by Crippen LogP contribution is -1.82. The molecule has 0 unspecified atom stereocenters. The molecule has 3 nitrogen and oxygen atoms in total. The van der Waals surface area contributed by atoms with Crippen LogP contribution in [0.15, 0.2) is 22.1 Å². The highest BCUT2D eigenvalue weighted by molar-refractivity contribution is 9.11. The first-order valence-corrected chi connectivity index (χ1v) is 5.25. The number of phenols is 1. The van der Waals surface area contributed by atoms with Crippen LogP contribution in [0.1, 0.15) is 0 Å². The Morgan fingerprint density at radius 3 is 2.71 bits per heavy atom. The zero-order valence-electron chi connectivity index (χ0n) is 6.74. The largest absolute Gasteiger partial charge is 0.508 e. The van der Waals surface area contributed by atoms with Crippen molar-refractivity contribution in [1.29, 1.82) is 0 Å². The quantitative estimate of drug-likeness (QED) is 0.870. The van der Waals surface area contributed by atoms with Crippen molar-refractivity contribution in [2.45, 2.75) is 0 Å². The van der Waals surface area contributed by atoms with Gasteiger partial charge in [0.05, 0.1) is 0 Å². The summed E-state index contributed by atoms with van der Waals surface area (Å²) in [7, 11) is 0. The molecule has 0 fully saturated rings. The highest BCUT2D eigenvalue weighted by atomic mass is 79.9. The molecule has 2 rings (SSSR count). The predicted molar refractivity (Wildman–Crippen MR) is 54.7 cm³/mol. The third-order valence-corrected chi connectivity index (χ3v) is 2.97. The van der Waals surface area contributed by atoms with Crippen LogP contribution in [-0.2, 0) is 0 Å². The van der Waals surface area contributed by atoms with E-state index in [0.29, 0.717) is 14.5 Å². The average Bonchev–Trinajstić information content (AvgIpc) is 2.51. The van der Waals surface area contributed by atoms with E-state index < -0.39 is 5.82 Å². The average molecular weight is 275 g/mol. The second kappa shape index (κ2) is 3.62. The summed E-state index contributed by atoms with van der Waals surface area (Å²) in [5.41, 5.74) is 0.339. The van der Waals surface area contributed by atoms with Crippen molar-refractivity contribution in [3.05, 3.63) is 27.9 Å². The molecule has 0 atom stereocenters. The highest BCUT2D eigenvalue weighted by Crippen LogP contribution is 2.29. The number of nitrogens with zero attached hydrogens (tertiary/aromatic N) is 2. The van der Waals surface area contributed by atoms with Crippen molar-refractivity contribution < 1.29 is 9.50 Å². The van der Waals surface area contributed by atoms with Crippen molar-refractivity contribution in [3.8, 4) is 16.3 Å². The second-order valence-corrected chi connectivity index (χ2v) is 4.78. The fourth-order valence-electron chi connectivity index (χ4n) is 0.992. The second-order valence-electron chi connectivity index (χ2n) is 2.52. The number of hydrogen-bond acceptors (Lipinski definition) is 4. The van der Waals surface area contributed by atoms with Gasteiger partial charge in [-0.3, -0.25) is 0 Å². The van der Waals surface area contributed by atoms with Crippen molar-refractivity contribution in [2.75, 3.05) is 0 Å². The van der Waals surface area contributed by atoms with Gasteiger partial charge in [-0.05, 0) is 28.1 Å². The maximum absolute atomic E-state index is 13.3. The molecule has 0 spiro atoms. The Morgan fingerprint density at radius 2 is 2.14 bits per heavy atom. The fourth-order valence-corrected chi connectivity index (χ4v) is 2.13. The van der Waals surface area contributed by atoms with E-state index in [2.05, 4.69) is 26.1 Å². The first-order chi connectivity index (χ1) is 6.66. The van der Waals surface area contributed by atoms with Gasteiger partial charge in [-0.1, -0.05) is 11.3 Å². The lowest BCUT2D eigenvalue weighted by molar-refractivity contribution is 0.469. The minimum Gasteiger partial charge on any atom is -0.508 e. The summed E-state index contributed by atoms with van der Waals surface area (Å²) in [6, 6.07) is 3.93. The molecule has 0 radical (unpaired) electrons. The van der Waals surface area contributed by atoms with Crippen LogP contribution in [0.2, 0.25) is 0 Å². The number of aromatic hydroxyl groups is 1. The van der Waals surface area contributed by atoms with Gasteiger partial charge in [0.1, 0.15) is 11.6 Å². The topological polar surface area (TPSA) is 46.0 Å². The van der Waals surface area contributed by atoms with Gasteiger partial charge < -0.3 is 5.11 Å². The van der Waals surface area contributed by atoms with Gasteiger partial charge in [0.15, 0.2) is 8.92 Å².